The molecule has 1 aromatic carbocycles. The summed E-state index contributed by atoms with van der Waals surface area (Å²) in [4.78, 5) is 4.11. The van der Waals surface area contributed by atoms with Crippen molar-refractivity contribution in [3.8, 4) is 5.75 Å². The number of anilines is 1. The maximum absolute atomic E-state index is 14.0. The highest BCUT2D eigenvalue weighted by molar-refractivity contribution is 9.10. The Morgan fingerprint density at radius 1 is 1.30 bits per heavy atom. The molecule has 23 heavy (non-hydrogen) atoms. The Morgan fingerprint density at radius 3 is 2.74 bits per heavy atom. The number of aromatic nitrogens is 1. The van der Waals surface area contributed by atoms with Gasteiger partial charge in [-0.15, -0.1) is 0 Å². The highest BCUT2D eigenvalue weighted by Gasteiger charge is 2.14. The van der Waals surface area contributed by atoms with Crippen LogP contribution in [0.1, 0.15) is 5.56 Å². The molecule has 0 unspecified atom stereocenters. The first-order valence-electron chi connectivity index (χ1n) is 6.68. The van der Waals surface area contributed by atoms with Crippen LogP contribution in [0.3, 0.4) is 0 Å². The summed E-state index contributed by atoms with van der Waals surface area (Å²) >= 11 is 8.40. The van der Waals surface area contributed by atoms with Crippen LogP contribution >= 0.6 is 28.1 Å². The fraction of sp³-hybridized carbons (Fsp3) is 0.200. The lowest BCUT2D eigenvalue weighted by Gasteiger charge is -2.12. The zero-order chi connectivity index (χ0) is 16.8. The molecule has 0 amide bonds. The van der Waals surface area contributed by atoms with Crippen LogP contribution in [0.2, 0.25) is 0 Å². The minimum Gasteiger partial charge on any atom is -0.494 e. The number of rotatable bonds is 5. The zero-order valence-corrected chi connectivity index (χ0v) is 14.6. The fourth-order valence-electron chi connectivity index (χ4n) is 1.87. The third-order valence-corrected chi connectivity index (χ3v) is 3.72. The van der Waals surface area contributed by atoms with Crippen molar-refractivity contribution in [2.75, 3.05) is 19.0 Å². The van der Waals surface area contributed by atoms with Crippen LogP contribution in [0.25, 0.3) is 0 Å². The van der Waals surface area contributed by atoms with E-state index in [0.717, 1.165) is 4.47 Å². The average Bonchev–Trinajstić information content (AvgIpc) is 2.53. The van der Waals surface area contributed by atoms with Gasteiger partial charge in [0.2, 0.25) is 0 Å². The Balaban J connectivity index is 1.90. The van der Waals surface area contributed by atoms with Crippen LogP contribution in [0.4, 0.5) is 14.6 Å². The lowest BCUT2D eigenvalue weighted by molar-refractivity contribution is 0.380. The zero-order valence-electron chi connectivity index (χ0n) is 12.2. The molecule has 0 fully saturated rings. The molecule has 0 aliphatic heterocycles. The molecular formula is C15H14BrF2N3OS. The predicted octanol–water partition coefficient (Wildman–Crippen LogP) is 3.66. The fourth-order valence-corrected chi connectivity index (χ4v) is 2.32. The van der Waals surface area contributed by atoms with E-state index in [1.807, 2.05) is 6.07 Å². The summed E-state index contributed by atoms with van der Waals surface area (Å²) in [7, 11) is 1.34. The summed E-state index contributed by atoms with van der Waals surface area (Å²) in [5, 5.41) is 6.09. The molecular weight excluding hydrogens is 388 g/mol. The highest BCUT2D eigenvalue weighted by Crippen LogP contribution is 2.23. The standard InChI is InChI=1S/C15H14BrF2N3OS/c1-22-12-4-3-11(17)10(14(12)18)6-7-19-15(23)21-13-5-2-9(16)8-20-13/h2-5,8H,6-7H2,1H3,(H2,19,20,21,23). The number of methoxy groups -OCH3 is 1. The van der Waals surface area contributed by atoms with Gasteiger partial charge in [0, 0.05) is 22.8 Å². The van der Waals surface area contributed by atoms with Crippen molar-refractivity contribution in [3.63, 3.8) is 0 Å². The van der Waals surface area contributed by atoms with Gasteiger partial charge in [-0.25, -0.2) is 13.8 Å². The Morgan fingerprint density at radius 2 is 2.09 bits per heavy atom. The van der Waals surface area contributed by atoms with E-state index in [4.69, 9.17) is 17.0 Å². The molecule has 0 aliphatic rings. The summed E-state index contributed by atoms with van der Waals surface area (Å²) in [5.74, 6) is -0.716. The molecule has 0 saturated heterocycles. The van der Waals surface area contributed by atoms with Gasteiger partial charge in [0.25, 0.3) is 0 Å². The van der Waals surface area contributed by atoms with Crippen molar-refractivity contribution in [1.29, 1.82) is 0 Å². The summed E-state index contributed by atoms with van der Waals surface area (Å²) in [6, 6.07) is 6.00. The van der Waals surface area contributed by atoms with E-state index in [-0.39, 0.29) is 24.3 Å². The molecule has 2 rings (SSSR count). The maximum atomic E-state index is 14.0. The van der Waals surface area contributed by atoms with Gasteiger partial charge in [0.15, 0.2) is 16.7 Å². The van der Waals surface area contributed by atoms with Crippen LogP contribution in [-0.4, -0.2) is 23.8 Å². The molecule has 2 N–H and O–H groups in total. The normalized spacial score (nSPS) is 10.3. The number of halogens is 3. The molecule has 8 heteroatoms. The highest BCUT2D eigenvalue weighted by atomic mass is 79.9. The second-order valence-electron chi connectivity index (χ2n) is 4.53. The van der Waals surface area contributed by atoms with E-state index in [2.05, 4.69) is 31.5 Å². The third-order valence-electron chi connectivity index (χ3n) is 3.00. The van der Waals surface area contributed by atoms with E-state index in [1.165, 1.54) is 19.2 Å². The maximum Gasteiger partial charge on any atom is 0.171 e. The van der Waals surface area contributed by atoms with Crippen LogP contribution in [0.5, 0.6) is 5.75 Å². The summed E-state index contributed by atoms with van der Waals surface area (Å²) < 4.78 is 33.4. The van der Waals surface area contributed by atoms with E-state index < -0.39 is 11.6 Å². The second-order valence-corrected chi connectivity index (χ2v) is 5.86. The molecule has 0 bridgehead atoms. The molecule has 0 spiro atoms. The van der Waals surface area contributed by atoms with Crippen molar-refractivity contribution in [2.24, 2.45) is 0 Å². The van der Waals surface area contributed by atoms with Gasteiger partial charge in [-0.05, 0) is 58.8 Å². The number of benzene rings is 1. The minimum absolute atomic E-state index is 0.0150. The summed E-state index contributed by atoms with van der Waals surface area (Å²) in [6.07, 6.45) is 1.76. The monoisotopic (exact) mass is 401 g/mol. The first-order chi connectivity index (χ1) is 11.0. The Bertz CT molecular complexity index is 698. The molecule has 0 aliphatic carbocycles. The van der Waals surface area contributed by atoms with Crippen molar-refractivity contribution in [1.82, 2.24) is 10.3 Å². The van der Waals surface area contributed by atoms with Gasteiger partial charge < -0.3 is 15.4 Å². The number of nitrogens with one attached hydrogen (secondary N) is 2. The first-order valence-corrected chi connectivity index (χ1v) is 7.88. The molecule has 0 saturated carbocycles. The van der Waals surface area contributed by atoms with Gasteiger partial charge in [-0.2, -0.15) is 0 Å². The second kappa shape index (κ2) is 8.16. The van der Waals surface area contributed by atoms with Gasteiger partial charge in [0.05, 0.1) is 7.11 Å². The molecule has 4 nitrogen and oxygen atoms in total. The topological polar surface area (TPSA) is 46.2 Å². The van der Waals surface area contributed by atoms with Crippen molar-refractivity contribution >= 4 is 39.1 Å². The SMILES string of the molecule is COc1ccc(F)c(CCNC(=S)Nc2ccc(Br)cn2)c1F. The molecule has 0 atom stereocenters. The Labute approximate surface area is 146 Å². The Kier molecular flexibility index (Phi) is 6.23. The first kappa shape index (κ1) is 17.6. The van der Waals surface area contributed by atoms with E-state index >= 15 is 0 Å². The van der Waals surface area contributed by atoms with Crippen LogP contribution in [-0.2, 0) is 6.42 Å². The minimum atomic E-state index is -0.692. The summed E-state index contributed by atoms with van der Waals surface area (Å²) in [5.41, 5.74) is -0.0404. The molecule has 2 aromatic rings. The number of hydrogen-bond acceptors (Lipinski definition) is 3. The molecule has 1 aromatic heterocycles. The van der Waals surface area contributed by atoms with E-state index in [9.17, 15) is 8.78 Å². The van der Waals surface area contributed by atoms with Crippen molar-refractivity contribution < 1.29 is 13.5 Å². The number of ether oxygens (including phenoxy) is 1. The van der Waals surface area contributed by atoms with E-state index in [0.29, 0.717) is 10.9 Å². The third kappa shape index (κ3) is 4.84. The molecule has 1 heterocycles. The number of nitrogens with zero attached hydrogens (tertiary/aromatic N) is 1. The van der Waals surface area contributed by atoms with Gasteiger partial charge in [0.1, 0.15) is 11.6 Å². The molecule has 0 radical (unpaired) electrons. The largest absolute Gasteiger partial charge is 0.494 e. The van der Waals surface area contributed by atoms with Crippen molar-refractivity contribution in [2.45, 2.75) is 6.42 Å². The average molecular weight is 402 g/mol. The quantitative estimate of drug-likeness (QED) is 0.748. The van der Waals surface area contributed by atoms with Crippen LogP contribution in [0, 0.1) is 11.6 Å². The smallest absolute Gasteiger partial charge is 0.171 e. The Hall–Kier alpha value is -1.80. The van der Waals surface area contributed by atoms with Gasteiger partial charge in [-0.3, -0.25) is 0 Å². The predicted molar refractivity (Wildman–Crippen MR) is 92.8 cm³/mol. The van der Waals surface area contributed by atoms with Gasteiger partial charge in [-0.1, -0.05) is 0 Å². The number of thiocarbonyl (C=S) groups is 1. The summed E-state index contributed by atoms with van der Waals surface area (Å²) in [6.45, 7) is 0.267. The lowest BCUT2D eigenvalue weighted by atomic mass is 10.1. The van der Waals surface area contributed by atoms with Crippen molar-refractivity contribution in [3.05, 3.63) is 52.1 Å². The van der Waals surface area contributed by atoms with Crippen LogP contribution in [0.15, 0.2) is 34.9 Å². The van der Waals surface area contributed by atoms with Crippen LogP contribution < -0.4 is 15.4 Å². The number of pyridine rings is 1. The molecule has 122 valence electrons. The van der Waals surface area contributed by atoms with Gasteiger partial charge >= 0.3 is 0 Å². The number of hydrogen-bond donors (Lipinski definition) is 2. The lowest BCUT2D eigenvalue weighted by Crippen LogP contribution is -2.30. The van der Waals surface area contributed by atoms with E-state index in [1.54, 1.807) is 12.3 Å².